The van der Waals surface area contributed by atoms with E-state index in [-0.39, 0.29) is 30.7 Å². The van der Waals surface area contributed by atoms with Gasteiger partial charge in [-0.25, -0.2) is 0 Å². The van der Waals surface area contributed by atoms with Crippen LogP contribution in [0.2, 0.25) is 0 Å². The number of methoxy groups -OCH3 is 1. The van der Waals surface area contributed by atoms with Gasteiger partial charge in [-0.3, -0.25) is 14.4 Å². The Morgan fingerprint density at radius 2 is 1.84 bits per heavy atom. The summed E-state index contributed by atoms with van der Waals surface area (Å²) in [5.74, 6) is 0.207. The highest BCUT2D eigenvalue weighted by atomic mass is 79.9. The SMILES string of the molecule is COc1ccccc1CNC(=O)[C@@H]1CC(=O)N(c2ccc(OCC(=O)Nc3ccc(Br)cc3C)cc2)C1. The molecule has 0 saturated carbocycles. The van der Waals surface area contributed by atoms with Gasteiger partial charge in [0, 0.05) is 40.9 Å². The quantitative estimate of drug-likeness (QED) is 0.399. The second-order valence-corrected chi connectivity index (χ2v) is 9.64. The minimum Gasteiger partial charge on any atom is -0.496 e. The maximum Gasteiger partial charge on any atom is 0.262 e. The Morgan fingerprint density at radius 1 is 1.08 bits per heavy atom. The Kier molecular flexibility index (Phi) is 8.45. The average Bonchev–Trinajstić information content (AvgIpc) is 3.29. The molecule has 1 saturated heterocycles. The van der Waals surface area contributed by atoms with Gasteiger partial charge in [0.2, 0.25) is 11.8 Å². The van der Waals surface area contributed by atoms with Gasteiger partial charge >= 0.3 is 0 Å². The van der Waals surface area contributed by atoms with Crippen LogP contribution in [0.5, 0.6) is 11.5 Å². The van der Waals surface area contributed by atoms with E-state index in [0.29, 0.717) is 30.3 Å². The standard InChI is InChI=1S/C28H28BrN3O5/c1-18-13-21(29)7-12-24(18)31-26(33)17-37-23-10-8-22(9-11-23)32-16-20(14-27(32)34)28(35)30-15-19-5-3-4-6-25(19)36-2/h3-13,20H,14-17H2,1-2H3,(H,30,35)(H,31,33)/t20-/m1/s1. The van der Waals surface area contributed by atoms with Gasteiger partial charge in [0.15, 0.2) is 6.61 Å². The minimum atomic E-state index is -0.441. The molecule has 0 radical (unpaired) electrons. The smallest absolute Gasteiger partial charge is 0.262 e. The summed E-state index contributed by atoms with van der Waals surface area (Å²) >= 11 is 3.40. The first-order valence-electron chi connectivity index (χ1n) is 11.8. The number of rotatable bonds is 9. The lowest BCUT2D eigenvalue weighted by Gasteiger charge is -2.17. The molecule has 1 aliphatic rings. The summed E-state index contributed by atoms with van der Waals surface area (Å²) in [4.78, 5) is 39.2. The van der Waals surface area contributed by atoms with Crippen LogP contribution in [0.3, 0.4) is 0 Å². The van der Waals surface area contributed by atoms with Crippen molar-refractivity contribution in [3.05, 3.63) is 82.3 Å². The summed E-state index contributed by atoms with van der Waals surface area (Å²) in [6.07, 6.45) is 0.144. The molecule has 0 aliphatic carbocycles. The van der Waals surface area contributed by atoms with E-state index in [2.05, 4.69) is 26.6 Å². The van der Waals surface area contributed by atoms with Crippen LogP contribution in [0.15, 0.2) is 71.2 Å². The molecule has 0 aromatic heterocycles. The third kappa shape index (κ3) is 6.68. The van der Waals surface area contributed by atoms with Crippen LogP contribution < -0.4 is 25.0 Å². The first-order valence-corrected chi connectivity index (χ1v) is 12.6. The normalized spacial score (nSPS) is 14.8. The molecule has 3 aromatic carbocycles. The third-order valence-electron chi connectivity index (χ3n) is 6.12. The molecule has 1 atom stereocenters. The van der Waals surface area contributed by atoms with Gasteiger partial charge in [-0.1, -0.05) is 34.1 Å². The Hall–Kier alpha value is -3.85. The number of nitrogens with zero attached hydrogens (tertiary/aromatic N) is 1. The van der Waals surface area contributed by atoms with E-state index in [9.17, 15) is 14.4 Å². The molecule has 192 valence electrons. The van der Waals surface area contributed by atoms with Crippen molar-refractivity contribution >= 4 is 45.0 Å². The summed E-state index contributed by atoms with van der Waals surface area (Å²) in [6.45, 7) is 2.39. The third-order valence-corrected chi connectivity index (χ3v) is 6.62. The molecule has 3 aromatic rings. The number of aryl methyl sites for hydroxylation is 1. The van der Waals surface area contributed by atoms with Crippen LogP contribution in [0.4, 0.5) is 11.4 Å². The van der Waals surface area contributed by atoms with Crippen LogP contribution >= 0.6 is 15.9 Å². The topological polar surface area (TPSA) is 97.0 Å². The predicted octanol–water partition coefficient (Wildman–Crippen LogP) is 4.45. The fraction of sp³-hybridized carbons (Fsp3) is 0.250. The van der Waals surface area contributed by atoms with E-state index in [1.165, 1.54) is 0 Å². The van der Waals surface area contributed by atoms with E-state index in [0.717, 1.165) is 21.3 Å². The number of para-hydroxylation sites is 1. The molecule has 8 nitrogen and oxygen atoms in total. The number of benzene rings is 3. The highest BCUT2D eigenvalue weighted by Gasteiger charge is 2.35. The largest absolute Gasteiger partial charge is 0.496 e. The molecule has 1 fully saturated rings. The first kappa shape index (κ1) is 26.2. The fourth-order valence-corrected chi connectivity index (χ4v) is 4.61. The number of hydrogen-bond donors (Lipinski definition) is 2. The Bertz CT molecular complexity index is 1300. The van der Waals surface area contributed by atoms with Crippen molar-refractivity contribution in [3.8, 4) is 11.5 Å². The Morgan fingerprint density at radius 3 is 2.57 bits per heavy atom. The summed E-state index contributed by atoms with van der Waals surface area (Å²) < 4.78 is 11.9. The molecule has 2 N–H and O–H groups in total. The lowest BCUT2D eigenvalue weighted by Crippen LogP contribution is -2.32. The fourth-order valence-electron chi connectivity index (χ4n) is 4.13. The average molecular weight is 566 g/mol. The molecule has 0 bridgehead atoms. The van der Waals surface area contributed by atoms with Gasteiger partial charge in [-0.15, -0.1) is 0 Å². The van der Waals surface area contributed by atoms with Crippen molar-refractivity contribution < 1.29 is 23.9 Å². The van der Waals surface area contributed by atoms with Crippen molar-refractivity contribution in [3.63, 3.8) is 0 Å². The zero-order chi connectivity index (χ0) is 26.4. The predicted molar refractivity (Wildman–Crippen MR) is 145 cm³/mol. The molecule has 1 heterocycles. The second-order valence-electron chi connectivity index (χ2n) is 8.73. The maximum absolute atomic E-state index is 12.7. The van der Waals surface area contributed by atoms with Gasteiger partial charge in [-0.05, 0) is 61.0 Å². The van der Waals surface area contributed by atoms with Crippen LogP contribution in [0.1, 0.15) is 17.5 Å². The van der Waals surface area contributed by atoms with Gasteiger partial charge < -0.3 is 25.0 Å². The van der Waals surface area contributed by atoms with E-state index < -0.39 is 5.92 Å². The lowest BCUT2D eigenvalue weighted by molar-refractivity contribution is -0.126. The van der Waals surface area contributed by atoms with Crippen molar-refractivity contribution in [2.45, 2.75) is 19.9 Å². The highest BCUT2D eigenvalue weighted by molar-refractivity contribution is 9.10. The number of ether oxygens (including phenoxy) is 2. The zero-order valence-electron chi connectivity index (χ0n) is 20.6. The van der Waals surface area contributed by atoms with Gasteiger partial charge in [0.1, 0.15) is 11.5 Å². The molecule has 0 unspecified atom stereocenters. The summed E-state index contributed by atoms with van der Waals surface area (Å²) in [6, 6.07) is 20.0. The summed E-state index contributed by atoms with van der Waals surface area (Å²) in [5.41, 5.74) is 3.21. The van der Waals surface area contributed by atoms with Crippen LogP contribution in [0, 0.1) is 12.8 Å². The number of nitrogens with one attached hydrogen (secondary N) is 2. The molecular formula is C28H28BrN3O5. The monoisotopic (exact) mass is 565 g/mol. The number of anilines is 2. The molecule has 3 amide bonds. The first-order chi connectivity index (χ1) is 17.8. The molecule has 0 spiro atoms. The zero-order valence-corrected chi connectivity index (χ0v) is 22.2. The number of hydrogen-bond acceptors (Lipinski definition) is 5. The van der Waals surface area contributed by atoms with E-state index >= 15 is 0 Å². The van der Waals surface area contributed by atoms with Crippen molar-refractivity contribution in [2.24, 2.45) is 5.92 Å². The molecule has 9 heteroatoms. The van der Waals surface area contributed by atoms with Crippen molar-refractivity contribution in [2.75, 3.05) is 30.5 Å². The highest BCUT2D eigenvalue weighted by Crippen LogP contribution is 2.27. The van der Waals surface area contributed by atoms with Gasteiger partial charge in [0.05, 0.1) is 13.0 Å². The van der Waals surface area contributed by atoms with Crippen LogP contribution in [0.25, 0.3) is 0 Å². The molecule has 4 rings (SSSR count). The minimum absolute atomic E-state index is 0.115. The lowest BCUT2D eigenvalue weighted by atomic mass is 10.1. The maximum atomic E-state index is 12.7. The van der Waals surface area contributed by atoms with Crippen LogP contribution in [-0.2, 0) is 20.9 Å². The molecule has 1 aliphatic heterocycles. The second kappa shape index (κ2) is 11.9. The molecular weight excluding hydrogens is 538 g/mol. The molecule has 37 heavy (non-hydrogen) atoms. The van der Waals surface area contributed by atoms with E-state index in [1.54, 1.807) is 36.3 Å². The van der Waals surface area contributed by atoms with E-state index in [4.69, 9.17) is 9.47 Å². The van der Waals surface area contributed by atoms with E-state index in [1.807, 2.05) is 49.4 Å². The van der Waals surface area contributed by atoms with Gasteiger partial charge in [-0.2, -0.15) is 0 Å². The number of halogens is 1. The number of carbonyl (C=O) groups is 3. The van der Waals surface area contributed by atoms with Crippen molar-refractivity contribution in [1.82, 2.24) is 5.32 Å². The summed E-state index contributed by atoms with van der Waals surface area (Å²) in [5, 5.41) is 5.74. The number of amides is 3. The van der Waals surface area contributed by atoms with Gasteiger partial charge in [0.25, 0.3) is 5.91 Å². The Balaban J connectivity index is 1.28. The van der Waals surface area contributed by atoms with Crippen molar-refractivity contribution in [1.29, 1.82) is 0 Å². The number of carbonyl (C=O) groups excluding carboxylic acids is 3. The Labute approximate surface area is 224 Å². The van der Waals surface area contributed by atoms with Crippen LogP contribution in [-0.4, -0.2) is 38.0 Å². The summed E-state index contributed by atoms with van der Waals surface area (Å²) in [7, 11) is 1.59.